The molecule has 0 spiro atoms. The number of rotatable bonds is 8. The van der Waals surface area contributed by atoms with Crippen molar-refractivity contribution in [2.45, 2.75) is 19.4 Å². The van der Waals surface area contributed by atoms with E-state index in [1.807, 2.05) is 79.7 Å². The minimum Gasteiger partial charge on any atom is -0.494 e. The maximum Gasteiger partial charge on any atom is 0.169 e. The molecule has 26 heavy (non-hydrogen) atoms. The molecule has 0 heterocycles. The average Bonchev–Trinajstić information content (AvgIpc) is 2.69. The topological polar surface area (TPSA) is 27.7 Å². The van der Waals surface area contributed by atoms with Gasteiger partial charge in [0.1, 0.15) is 18.1 Å². The molecule has 0 atom stereocenters. The number of hydrogen-bond acceptors (Lipinski definition) is 3. The Morgan fingerprint density at radius 1 is 0.731 bits per heavy atom. The molecule has 0 saturated carbocycles. The second-order valence-electron chi connectivity index (χ2n) is 5.70. The van der Waals surface area contributed by atoms with Crippen LogP contribution in [0.1, 0.15) is 18.1 Å². The number of hydrogen-bond donors (Lipinski definition) is 0. The number of benzene rings is 3. The van der Waals surface area contributed by atoms with Crippen molar-refractivity contribution in [3.63, 3.8) is 0 Å². The van der Waals surface area contributed by atoms with Crippen LogP contribution < -0.4 is 14.2 Å². The molecule has 0 amide bonds. The largest absolute Gasteiger partial charge is 0.494 e. The molecule has 0 radical (unpaired) electrons. The molecule has 0 aliphatic rings. The van der Waals surface area contributed by atoms with Crippen molar-refractivity contribution >= 4 is 11.6 Å². The predicted octanol–water partition coefficient (Wildman–Crippen LogP) is 6.20. The van der Waals surface area contributed by atoms with Gasteiger partial charge in [-0.1, -0.05) is 36.4 Å². The molecular formula is C22H21ClO3. The first kappa shape index (κ1) is 18.2. The fourth-order valence-corrected chi connectivity index (χ4v) is 2.63. The van der Waals surface area contributed by atoms with Crippen molar-refractivity contribution in [1.82, 2.24) is 0 Å². The Labute approximate surface area is 159 Å². The van der Waals surface area contributed by atoms with Gasteiger partial charge in [-0.15, -0.1) is 11.6 Å². The van der Waals surface area contributed by atoms with Gasteiger partial charge in [-0.05, 0) is 54.4 Å². The van der Waals surface area contributed by atoms with Crippen LogP contribution in [0.15, 0.2) is 72.8 Å². The first-order valence-electron chi connectivity index (χ1n) is 8.55. The number of ether oxygens (including phenoxy) is 3. The summed E-state index contributed by atoms with van der Waals surface area (Å²) in [5, 5.41) is 0. The number of halogens is 1. The standard InChI is InChI=1S/C22H21ClO3/c1-2-24-19-9-11-20(12-10-19)26-22-14-18(15-23)8-13-21(22)25-16-17-6-4-3-5-7-17/h3-14H,2,15-16H2,1H3. The molecule has 0 bridgehead atoms. The Bertz CT molecular complexity index is 817. The van der Waals surface area contributed by atoms with Gasteiger partial charge in [-0.3, -0.25) is 0 Å². The molecule has 0 unspecified atom stereocenters. The summed E-state index contributed by atoms with van der Waals surface area (Å²) in [5.74, 6) is 3.26. The molecule has 0 saturated heterocycles. The van der Waals surface area contributed by atoms with Crippen LogP contribution in [0.5, 0.6) is 23.0 Å². The summed E-state index contributed by atoms with van der Waals surface area (Å²) in [5.41, 5.74) is 2.07. The molecule has 134 valence electrons. The Morgan fingerprint density at radius 2 is 1.46 bits per heavy atom. The molecule has 0 N–H and O–H groups in total. The molecule has 3 rings (SSSR count). The Morgan fingerprint density at radius 3 is 2.15 bits per heavy atom. The van der Waals surface area contributed by atoms with Gasteiger partial charge < -0.3 is 14.2 Å². The highest BCUT2D eigenvalue weighted by Gasteiger charge is 2.09. The highest BCUT2D eigenvalue weighted by atomic mass is 35.5. The molecule has 3 aromatic carbocycles. The fraction of sp³-hybridized carbons (Fsp3) is 0.182. The van der Waals surface area contributed by atoms with Crippen LogP contribution in [0.25, 0.3) is 0 Å². The van der Waals surface area contributed by atoms with Crippen LogP contribution in [0.3, 0.4) is 0 Å². The highest BCUT2D eigenvalue weighted by molar-refractivity contribution is 6.17. The van der Waals surface area contributed by atoms with E-state index in [4.69, 9.17) is 25.8 Å². The molecule has 0 aliphatic heterocycles. The lowest BCUT2D eigenvalue weighted by atomic mass is 10.2. The van der Waals surface area contributed by atoms with Crippen molar-refractivity contribution < 1.29 is 14.2 Å². The van der Waals surface area contributed by atoms with Crippen LogP contribution in [0.2, 0.25) is 0 Å². The van der Waals surface area contributed by atoms with Gasteiger partial charge in [0, 0.05) is 5.88 Å². The first-order valence-corrected chi connectivity index (χ1v) is 9.08. The summed E-state index contributed by atoms with van der Waals surface area (Å²) in [4.78, 5) is 0. The lowest BCUT2D eigenvalue weighted by Crippen LogP contribution is -1.98. The Hall–Kier alpha value is -2.65. The summed E-state index contributed by atoms with van der Waals surface area (Å²) >= 11 is 5.97. The van der Waals surface area contributed by atoms with E-state index < -0.39 is 0 Å². The van der Waals surface area contributed by atoms with E-state index in [0.717, 1.165) is 16.9 Å². The summed E-state index contributed by atoms with van der Waals surface area (Å²) in [7, 11) is 0. The smallest absolute Gasteiger partial charge is 0.169 e. The zero-order valence-electron chi connectivity index (χ0n) is 14.7. The van der Waals surface area contributed by atoms with Crippen LogP contribution >= 0.6 is 11.6 Å². The van der Waals surface area contributed by atoms with Gasteiger partial charge >= 0.3 is 0 Å². The summed E-state index contributed by atoms with van der Waals surface area (Å²) in [6.07, 6.45) is 0. The third-order valence-electron chi connectivity index (χ3n) is 3.76. The van der Waals surface area contributed by atoms with E-state index in [-0.39, 0.29) is 0 Å². The summed E-state index contributed by atoms with van der Waals surface area (Å²) in [6, 6.07) is 23.3. The normalized spacial score (nSPS) is 10.4. The van der Waals surface area contributed by atoms with E-state index in [2.05, 4.69) is 0 Å². The van der Waals surface area contributed by atoms with Gasteiger partial charge in [0.2, 0.25) is 0 Å². The lowest BCUT2D eigenvalue weighted by molar-refractivity contribution is 0.291. The van der Waals surface area contributed by atoms with E-state index in [0.29, 0.717) is 36.3 Å². The quantitative estimate of drug-likeness (QED) is 0.443. The third kappa shape index (κ3) is 4.93. The molecular weight excluding hydrogens is 348 g/mol. The van der Waals surface area contributed by atoms with Gasteiger partial charge in [0.05, 0.1) is 6.61 Å². The van der Waals surface area contributed by atoms with Crippen molar-refractivity contribution in [2.24, 2.45) is 0 Å². The van der Waals surface area contributed by atoms with E-state index >= 15 is 0 Å². The monoisotopic (exact) mass is 368 g/mol. The van der Waals surface area contributed by atoms with E-state index in [1.165, 1.54) is 0 Å². The van der Waals surface area contributed by atoms with Crippen molar-refractivity contribution in [3.05, 3.63) is 83.9 Å². The van der Waals surface area contributed by atoms with Crippen LogP contribution in [-0.4, -0.2) is 6.61 Å². The Balaban J connectivity index is 1.77. The molecule has 4 heteroatoms. The highest BCUT2D eigenvalue weighted by Crippen LogP contribution is 2.34. The first-order chi connectivity index (χ1) is 12.8. The van der Waals surface area contributed by atoms with E-state index in [9.17, 15) is 0 Å². The molecule has 0 aliphatic carbocycles. The fourth-order valence-electron chi connectivity index (χ4n) is 2.47. The van der Waals surface area contributed by atoms with Gasteiger partial charge in [-0.25, -0.2) is 0 Å². The second-order valence-corrected chi connectivity index (χ2v) is 5.96. The van der Waals surface area contributed by atoms with Crippen molar-refractivity contribution in [1.29, 1.82) is 0 Å². The minimum atomic E-state index is 0.415. The summed E-state index contributed by atoms with van der Waals surface area (Å²) < 4.78 is 17.5. The molecule has 0 aromatic heterocycles. The van der Waals surface area contributed by atoms with Gasteiger partial charge in [0.15, 0.2) is 11.5 Å². The van der Waals surface area contributed by atoms with Crippen molar-refractivity contribution in [3.8, 4) is 23.0 Å². The molecule has 3 aromatic rings. The summed E-state index contributed by atoms with van der Waals surface area (Å²) in [6.45, 7) is 3.06. The predicted molar refractivity (Wildman–Crippen MR) is 104 cm³/mol. The molecule has 0 fully saturated rings. The third-order valence-corrected chi connectivity index (χ3v) is 4.07. The maximum absolute atomic E-state index is 6.03. The van der Waals surface area contributed by atoms with Crippen molar-refractivity contribution in [2.75, 3.05) is 6.61 Å². The Kier molecular flexibility index (Phi) is 6.39. The number of alkyl halides is 1. The lowest BCUT2D eigenvalue weighted by Gasteiger charge is -2.14. The van der Waals surface area contributed by atoms with Gasteiger partial charge in [-0.2, -0.15) is 0 Å². The average molecular weight is 369 g/mol. The molecule has 3 nitrogen and oxygen atoms in total. The maximum atomic E-state index is 6.03. The zero-order chi connectivity index (χ0) is 18.2. The SMILES string of the molecule is CCOc1ccc(Oc2cc(CCl)ccc2OCc2ccccc2)cc1. The minimum absolute atomic E-state index is 0.415. The van der Waals surface area contributed by atoms with Crippen LogP contribution in [0.4, 0.5) is 0 Å². The van der Waals surface area contributed by atoms with E-state index in [1.54, 1.807) is 0 Å². The van der Waals surface area contributed by atoms with Crippen LogP contribution in [0, 0.1) is 0 Å². The second kappa shape index (κ2) is 9.16. The zero-order valence-corrected chi connectivity index (χ0v) is 15.4. The van der Waals surface area contributed by atoms with Crippen LogP contribution in [-0.2, 0) is 12.5 Å². The van der Waals surface area contributed by atoms with Gasteiger partial charge in [0.25, 0.3) is 0 Å².